The predicted molar refractivity (Wildman–Crippen MR) is 64.4 cm³/mol. The second-order valence-electron chi connectivity index (χ2n) is 4.87. The molecule has 0 aromatic rings. The Kier molecular flexibility index (Phi) is 4.93. The molecule has 1 aliphatic heterocycles. The molecule has 1 unspecified atom stereocenters. The first-order valence-electron chi connectivity index (χ1n) is 6.02. The minimum Gasteiger partial charge on any atom is -0.468 e. The Morgan fingerprint density at radius 1 is 1.12 bits per heavy atom. The SMILES string of the molecule is COC(=O)C(C(=O)N1CCN(C)CC1)C(C)C. The van der Waals surface area contributed by atoms with E-state index in [0.29, 0.717) is 13.1 Å². The first-order valence-corrected chi connectivity index (χ1v) is 6.02. The molecule has 0 radical (unpaired) electrons. The quantitative estimate of drug-likeness (QED) is 0.524. The van der Waals surface area contributed by atoms with Gasteiger partial charge in [-0.3, -0.25) is 9.59 Å². The molecular formula is C12H22N2O3. The van der Waals surface area contributed by atoms with Crippen LogP contribution in [-0.2, 0) is 14.3 Å². The van der Waals surface area contributed by atoms with Gasteiger partial charge in [0.05, 0.1) is 7.11 Å². The molecule has 0 aromatic heterocycles. The maximum absolute atomic E-state index is 12.3. The lowest BCUT2D eigenvalue weighted by Gasteiger charge is -2.34. The average Bonchev–Trinajstić information content (AvgIpc) is 2.29. The largest absolute Gasteiger partial charge is 0.468 e. The predicted octanol–water partition coefficient (Wildman–Crippen LogP) is 0.206. The van der Waals surface area contributed by atoms with E-state index >= 15 is 0 Å². The maximum atomic E-state index is 12.3. The summed E-state index contributed by atoms with van der Waals surface area (Å²) in [5.41, 5.74) is 0. The Morgan fingerprint density at radius 3 is 2.06 bits per heavy atom. The van der Waals surface area contributed by atoms with Crippen molar-refractivity contribution in [2.24, 2.45) is 11.8 Å². The van der Waals surface area contributed by atoms with Crippen LogP contribution in [0.1, 0.15) is 13.8 Å². The van der Waals surface area contributed by atoms with Crippen LogP contribution in [0.25, 0.3) is 0 Å². The molecule has 1 rings (SSSR count). The van der Waals surface area contributed by atoms with E-state index in [9.17, 15) is 9.59 Å². The molecule has 98 valence electrons. The number of hydrogen-bond acceptors (Lipinski definition) is 4. The summed E-state index contributed by atoms with van der Waals surface area (Å²) in [6.45, 7) is 6.84. The van der Waals surface area contributed by atoms with E-state index in [1.54, 1.807) is 4.90 Å². The van der Waals surface area contributed by atoms with Gasteiger partial charge in [-0.1, -0.05) is 13.8 Å². The monoisotopic (exact) mass is 242 g/mol. The van der Waals surface area contributed by atoms with Crippen molar-refractivity contribution < 1.29 is 14.3 Å². The van der Waals surface area contributed by atoms with E-state index in [0.717, 1.165) is 13.1 Å². The number of carbonyl (C=O) groups excluding carboxylic acids is 2. The van der Waals surface area contributed by atoms with Gasteiger partial charge in [0.15, 0.2) is 0 Å². The molecule has 1 aliphatic rings. The van der Waals surface area contributed by atoms with Crippen LogP contribution in [0.5, 0.6) is 0 Å². The summed E-state index contributed by atoms with van der Waals surface area (Å²) in [5.74, 6) is -1.22. The van der Waals surface area contributed by atoms with Crippen LogP contribution < -0.4 is 0 Å². The topological polar surface area (TPSA) is 49.9 Å². The van der Waals surface area contributed by atoms with Crippen molar-refractivity contribution in [3.05, 3.63) is 0 Å². The van der Waals surface area contributed by atoms with Crippen molar-refractivity contribution in [2.45, 2.75) is 13.8 Å². The number of esters is 1. The highest BCUT2D eigenvalue weighted by atomic mass is 16.5. The standard InChI is InChI=1S/C12H22N2O3/c1-9(2)10(12(16)17-4)11(15)14-7-5-13(3)6-8-14/h9-10H,5-8H2,1-4H3. The van der Waals surface area contributed by atoms with Crippen molar-refractivity contribution in [2.75, 3.05) is 40.3 Å². The molecule has 17 heavy (non-hydrogen) atoms. The van der Waals surface area contributed by atoms with Crippen LogP contribution in [0.2, 0.25) is 0 Å². The van der Waals surface area contributed by atoms with E-state index in [1.807, 2.05) is 20.9 Å². The first-order chi connectivity index (χ1) is 7.97. The summed E-state index contributed by atoms with van der Waals surface area (Å²) in [5, 5.41) is 0. The third kappa shape index (κ3) is 3.43. The van der Waals surface area contributed by atoms with Gasteiger partial charge in [0.2, 0.25) is 5.91 Å². The van der Waals surface area contributed by atoms with Gasteiger partial charge in [-0.15, -0.1) is 0 Å². The van der Waals surface area contributed by atoms with Crippen molar-refractivity contribution in [1.29, 1.82) is 0 Å². The minimum atomic E-state index is -0.664. The molecular weight excluding hydrogens is 220 g/mol. The van der Waals surface area contributed by atoms with E-state index in [2.05, 4.69) is 4.90 Å². The second kappa shape index (κ2) is 6.00. The number of rotatable bonds is 3. The van der Waals surface area contributed by atoms with Gasteiger partial charge < -0.3 is 14.5 Å². The number of hydrogen-bond donors (Lipinski definition) is 0. The highest BCUT2D eigenvalue weighted by Crippen LogP contribution is 2.17. The summed E-state index contributed by atoms with van der Waals surface area (Å²) in [7, 11) is 3.36. The lowest BCUT2D eigenvalue weighted by molar-refractivity contribution is -0.156. The summed E-state index contributed by atoms with van der Waals surface area (Å²) in [6.07, 6.45) is 0. The van der Waals surface area contributed by atoms with Gasteiger partial charge in [-0.25, -0.2) is 0 Å². The molecule has 0 spiro atoms. The van der Waals surface area contributed by atoms with Gasteiger partial charge in [0.1, 0.15) is 5.92 Å². The van der Waals surface area contributed by atoms with Crippen molar-refractivity contribution in [3.63, 3.8) is 0 Å². The molecule has 5 nitrogen and oxygen atoms in total. The molecule has 0 aromatic carbocycles. The molecule has 1 fully saturated rings. The van der Waals surface area contributed by atoms with Gasteiger partial charge in [0.25, 0.3) is 0 Å². The molecule has 1 amide bonds. The van der Waals surface area contributed by atoms with Gasteiger partial charge in [-0.2, -0.15) is 0 Å². The normalized spacial score (nSPS) is 19.2. The molecule has 0 N–H and O–H groups in total. The molecule has 0 aliphatic carbocycles. The number of likely N-dealkylation sites (N-methyl/N-ethyl adjacent to an activating group) is 1. The van der Waals surface area contributed by atoms with E-state index in [-0.39, 0.29) is 11.8 Å². The van der Waals surface area contributed by atoms with Gasteiger partial charge in [0, 0.05) is 26.2 Å². The van der Waals surface area contributed by atoms with Crippen molar-refractivity contribution >= 4 is 11.9 Å². The third-order valence-corrected chi connectivity index (χ3v) is 3.20. The highest BCUT2D eigenvalue weighted by molar-refractivity contribution is 5.98. The van der Waals surface area contributed by atoms with Crippen LogP contribution in [0.4, 0.5) is 0 Å². The van der Waals surface area contributed by atoms with Crippen molar-refractivity contribution in [1.82, 2.24) is 9.80 Å². The Morgan fingerprint density at radius 2 is 1.65 bits per heavy atom. The number of methoxy groups -OCH3 is 1. The number of nitrogens with zero attached hydrogens (tertiary/aromatic N) is 2. The summed E-state index contributed by atoms with van der Waals surface area (Å²) < 4.78 is 4.71. The number of amides is 1. The Labute approximate surface area is 103 Å². The van der Waals surface area contributed by atoms with Gasteiger partial charge >= 0.3 is 5.97 Å². The lowest BCUT2D eigenvalue weighted by atomic mass is 9.94. The summed E-state index contributed by atoms with van der Waals surface area (Å²) in [4.78, 5) is 27.8. The summed E-state index contributed by atoms with van der Waals surface area (Å²) in [6, 6.07) is 0. The third-order valence-electron chi connectivity index (χ3n) is 3.20. The zero-order chi connectivity index (χ0) is 13.0. The van der Waals surface area contributed by atoms with Gasteiger partial charge in [-0.05, 0) is 13.0 Å². The Balaban J connectivity index is 2.68. The number of carbonyl (C=O) groups is 2. The molecule has 0 bridgehead atoms. The van der Waals surface area contributed by atoms with E-state index in [4.69, 9.17) is 4.74 Å². The van der Waals surface area contributed by atoms with Crippen LogP contribution in [0.15, 0.2) is 0 Å². The van der Waals surface area contributed by atoms with Crippen molar-refractivity contribution in [3.8, 4) is 0 Å². The zero-order valence-corrected chi connectivity index (χ0v) is 11.1. The molecule has 1 heterocycles. The molecule has 1 saturated heterocycles. The lowest BCUT2D eigenvalue weighted by Crippen LogP contribution is -2.51. The fourth-order valence-electron chi connectivity index (χ4n) is 2.01. The first kappa shape index (κ1) is 14.0. The number of ether oxygens (including phenoxy) is 1. The molecule has 1 atom stereocenters. The minimum absolute atomic E-state index is 0.0328. The maximum Gasteiger partial charge on any atom is 0.318 e. The van der Waals surface area contributed by atoms with Crippen LogP contribution in [0, 0.1) is 11.8 Å². The number of piperazine rings is 1. The fourth-order valence-corrected chi connectivity index (χ4v) is 2.01. The summed E-state index contributed by atoms with van der Waals surface area (Å²) >= 11 is 0. The molecule has 5 heteroatoms. The molecule has 0 saturated carbocycles. The highest BCUT2D eigenvalue weighted by Gasteiger charge is 2.35. The van der Waals surface area contributed by atoms with E-state index in [1.165, 1.54) is 7.11 Å². The smallest absolute Gasteiger partial charge is 0.318 e. The van der Waals surface area contributed by atoms with Crippen LogP contribution in [0.3, 0.4) is 0 Å². The van der Waals surface area contributed by atoms with Crippen LogP contribution >= 0.6 is 0 Å². The zero-order valence-electron chi connectivity index (χ0n) is 11.1. The average molecular weight is 242 g/mol. The fraction of sp³-hybridized carbons (Fsp3) is 0.833. The Bertz CT molecular complexity index is 283. The second-order valence-corrected chi connectivity index (χ2v) is 4.87. The Hall–Kier alpha value is -1.10. The van der Waals surface area contributed by atoms with E-state index < -0.39 is 11.9 Å². The van der Waals surface area contributed by atoms with Crippen LogP contribution in [-0.4, -0.2) is 62.0 Å².